The number of aliphatic hydroxyl groups excluding tert-OH is 1. The van der Waals surface area contributed by atoms with Crippen LogP contribution in [0.2, 0.25) is 5.02 Å². The van der Waals surface area contributed by atoms with Crippen LogP contribution < -0.4 is 0 Å². The zero-order chi connectivity index (χ0) is 11.0. The van der Waals surface area contributed by atoms with Gasteiger partial charge in [-0.1, -0.05) is 17.7 Å². The lowest BCUT2D eigenvalue weighted by atomic mass is 10.1. The van der Waals surface area contributed by atoms with E-state index in [9.17, 15) is 0 Å². The maximum Gasteiger partial charge on any atom is 0.0610 e. The Morgan fingerprint density at radius 1 is 1.33 bits per heavy atom. The van der Waals surface area contributed by atoms with Crippen LogP contribution in [0, 0.1) is 13.8 Å². The smallest absolute Gasteiger partial charge is 0.0610 e. The van der Waals surface area contributed by atoms with Crippen LogP contribution in [0.3, 0.4) is 0 Å². The second-order valence-corrected chi connectivity index (χ2v) is 4.20. The molecular weight excluding hydrogens is 210 g/mol. The Hall–Kier alpha value is -0.990. The summed E-state index contributed by atoms with van der Waals surface area (Å²) in [6.07, 6.45) is 2.06. The van der Waals surface area contributed by atoms with E-state index < -0.39 is 0 Å². The van der Waals surface area contributed by atoms with Gasteiger partial charge in [0.25, 0.3) is 0 Å². The molecule has 15 heavy (non-hydrogen) atoms. The van der Waals surface area contributed by atoms with E-state index in [0.717, 1.165) is 16.1 Å². The molecule has 0 saturated heterocycles. The van der Waals surface area contributed by atoms with E-state index in [1.165, 1.54) is 10.9 Å². The molecule has 0 bridgehead atoms. The molecular formula is C12H14ClNO. The van der Waals surface area contributed by atoms with Gasteiger partial charge in [-0.3, -0.25) is 0 Å². The Morgan fingerprint density at radius 2 is 2.07 bits per heavy atom. The number of nitrogens with zero attached hydrogens (tertiary/aromatic N) is 1. The fourth-order valence-corrected chi connectivity index (χ4v) is 2.17. The fourth-order valence-electron chi connectivity index (χ4n) is 2.02. The van der Waals surface area contributed by atoms with E-state index >= 15 is 0 Å². The molecule has 0 spiro atoms. The van der Waals surface area contributed by atoms with E-state index in [1.54, 1.807) is 0 Å². The molecule has 0 aliphatic carbocycles. The molecule has 1 heterocycles. The van der Waals surface area contributed by atoms with Crippen LogP contribution in [0.15, 0.2) is 18.3 Å². The highest BCUT2D eigenvalue weighted by Crippen LogP contribution is 2.28. The summed E-state index contributed by atoms with van der Waals surface area (Å²) in [5, 5.41) is 11.0. The summed E-state index contributed by atoms with van der Waals surface area (Å²) in [4.78, 5) is 0. The molecule has 2 nitrogen and oxygen atoms in total. The molecule has 0 amide bonds. The number of halogens is 1. The quantitative estimate of drug-likeness (QED) is 0.832. The van der Waals surface area contributed by atoms with Gasteiger partial charge in [0, 0.05) is 23.2 Å². The topological polar surface area (TPSA) is 25.2 Å². The Balaban J connectivity index is 2.77. The number of aryl methyl sites for hydroxylation is 2. The van der Waals surface area contributed by atoms with Crippen molar-refractivity contribution >= 4 is 22.5 Å². The molecule has 0 aliphatic heterocycles. The minimum absolute atomic E-state index is 0.148. The van der Waals surface area contributed by atoms with Gasteiger partial charge >= 0.3 is 0 Å². The Morgan fingerprint density at radius 3 is 2.73 bits per heavy atom. The molecule has 0 radical (unpaired) electrons. The maximum absolute atomic E-state index is 8.99. The standard InChI is InChI=1S/C12H14ClNO/c1-8-7-14(5-6-15)12-9(2)11(13)4-3-10(8)12/h3-4,7,15H,5-6H2,1-2H3. The highest BCUT2D eigenvalue weighted by molar-refractivity contribution is 6.32. The normalized spacial score (nSPS) is 11.2. The summed E-state index contributed by atoms with van der Waals surface area (Å²) in [7, 11) is 0. The molecule has 0 aliphatic rings. The van der Waals surface area contributed by atoms with Crippen molar-refractivity contribution in [3.63, 3.8) is 0 Å². The van der Waals surface area contributed by atoms with E-state index in [0.29, 0.717) is 6.54 Å². The van der Waals surface area contributed by atoms with Crippen molar-refractivity contribution in [1.29, 1.82) is 0 Å². The van der Waals surface area contributed by atoms with Crippen LogP contribution in [-0.2, 0) is 6.54 Å². The van der Waals surface area contributed by atoms with Crippen LogP contribution in [0.25, 0.3) is 10.9 Å². The van der Waals surface area contributed by atoms with Crippen molar-refractivity contribution in [2.45, 2.75) is 20.4 Å². The monoisotopic (exact) mass is 223 g/mol. The number of aromatic nitrogens is 1. The van der Waals surface area contributed by atoms with Gasteiger partial charge in [-0.05, 0) is 31.0 Å². The van der Waals surface area contributed by atoms with E-state index in [4.69, 9.17) is 16.7 Å². The van der Waals surface area contributed by atoms with Crippen molar-refractivity contribution in [1.82, 2.24) is 4.57 Å². The van der Waals surface area contributed by atoms with E-state index in [-0.39, 0.29) is 6.61 Å². The van der Waals surface area contributed by atoms with Crippen molar-refractivity contribution in [2.75, 3.05) is 6.61 Å². The van der Waals surface area contributed by atoms with Crippen LogP contribution >= 0.6 is 11.6 Å². The van der Waals surface area contributed by atoms with Gasteiger partial charge in [0.2, 0.25) is 0 Å². The van der Waals surface area contributed by atoms with Crippen molar-refractivity contribution in [3.8, 4) is 0 Å². The molecule has 1 N–H and O–H groups in total. The average Bonchev–Trinajstić information content (AvgIpc) is 2.51. The van der Waals surface area contributed by atoms with Crippen LogP contribution in [0.1, 0.15) is 11.1 Å². The van der Waals surface area contributed by atoms with Gasteiger partial charge in [0.1, 0.15) is 0 Å². The van der Waals surface area contributed by atoms with Gasteiger partial charge in [0.15, 0.2) is 0 Å². The third-order valence-corrected chi connectivity index (χ3v) is 3.18. The minimum atomic E-state index is 0.148. The molecule has 1 aromatic carbocycles. The second-order valence-electron chi connectivity index (χ2n) is 3.80. The van der Waals surface area contributed by atoms with Crippen molar-refractivity contribution in [3.05, 3.63) is 34.5 Å². The van der Waals surface area contributed by atoms with Gasteiger partial charge in [-0.25, -0.2) is 0 Å². The highest BCUT2D eigenvalue weighted by atomic mass is 35.5. The zero-order valence-corrected chi connectivity index (χ0v) is 9.67. The second kappa shape index (κ2) is 3.87. The number of rotatable bonds is 2. The first-order valence-corrected chi connectivity index (χ1v) is 5.38. The molecule has 3 heteroatoms. The van der Waals surface area contributed by atoms with Gasteiger partial charge in [0.05, 0.1) is 12.1 Å². The lowest BCUT2D eigenvalue weighted by Crippen LogP contribution is -2.01. The predicted molar refractivity (Wildman–Crippen MR) is 63.5 cm³/mol. The molecule has 0 atom stereocenters. The lowest BCUT2D eigenvalue weighted by Gasteiger charge is -2.06. The average molecular weight is 224 g/mol. The Kier molecular flexibility index (Phi) is 2.72. The van der Waals surface area contributed by atoms with Gasteiger partial charge in [-0.15, -0.1) is 0 Å². The predicted octanol–water partition coefficient (Wildman–Crippen LogP) is 2.90. The molecule has 80 valence electrons. The maximum atomic E-state index is 8.99. The number of hydrogen-bond acceptors (Lipinski definition) is 1. The molecule has 2 rings (SSSR count). The molecule has 0 saturated carbocycles. The van der Waals surface area contributed by atoms with Crippen molar-refractivity contribution in [2.24, 2.45) is 0 Å². The van der Waals surface area contributed by atoms with Crippen LogP contribution in [-0.4, -0.2) is 16.3 Å². The first-order valence-electron chi connectivity index (χ1n) is 5.00. The highest BCUT2D eigenvalue weighted by Gasteiger charge is 2.09. The minimum Gasteiger partial charge on any atom is -0.395 e. The Bertz CT molecular complexity index is 502. The largest absolute Gasteiger partial charge is 0.395 e. The first kappa shape index (κ1) is 10.5. The van der Waals surface area contributed by atoms with Crippen LogP contribution in [0.5, 0.6) is 0 Å². The summed E-state index contributed by atoms with van der Waals surface area (Å²) in [5.41, 5.74) is 3.43. The first-order chi connectivity index (χ1) is 7.15. The number of benzene rings is 1. The summed E-state index contributed by atoms with van der Waals surface area (Å²) >= 11 is 6.09. The third kappa shape index (κ3) is 1.64. The summed E-state index contributed by atoms with van der Waals surface area (Å²) in [6.45, 7) is 4.85. The van der Waals surface area contributed by atoms with Crippen LogP contribution in [0.4, 0.5) is 0 Å². The number of hydrogen-bond donors (Lipinski definition) is 1. The summed E-state index contributed by atoms with van der Waals surface area (Å²) in [5.74, 6) is 0. The lowest BCUT2D eigenvalue weighted by molar-refractivity contribution is 0.278. The number of fused-ring (bicyclic) bond motifs is 1. The molecule has 0 unspecified atom stereocenters. The molecule has 1 aromatic heterocycles. The number of aliphatic hydroxyl groups is 1. The Labute approximate surface area is 94.1 Å². The van der Waals surface area contributed by atoms with Crippen molar-refractivity contribution < 1.29 is 5.11 Å². The van der Waals surface area contributed by atoms with E-state index in [1.807, 2.05) is 19.1 Å². The van der Waals surface area contributed by atoms with Gasteiger partial charge in [-0.2, -0.15) is 0 Å². The SMILES string of the molecule is Cc1cn(CCO)c2c(C)c(Cl)ccc12. The fraction of sp³-hybridized carbons (Fsp3) is 0.333. The summed E-state index contributed by atoms with van der Waals surface area (Å²) in [6, 6.07) is 3.96. The molecule has 2 aromatic rings. The molecule has 0 fully saturated rings. The summed E-state index contributed by atoms with van der Waals surface area (Å²) < 4.78 is 2.06. The van der Waals surface area contributed by atoms with Gasteiger partial charge < -0.3 is 9.67 Å². The zero-order valence-electron chi connectivity index (χ0n) is 8.92. The van der Waals surface area contributed by atoms with E-state index in [2.05, 4.69) is 17.7 Å². The third-order valence-electron chi connectivity index (χ3n) is 2.77.